The van der Waals surface area contributed by atoms with Crippen molar-refractivity contribution in [3.8, 4) is 0 Å². The fourth-order valence-electron chi connectivity index (χ4n) is 2.53. The Labute approximate surface area is 202 Å². The molecule has 0 aliphatic heterocycles. The molecular formula is C19H27Cl3IN3OS. The monoisotopic (exact) mass is 577 g/mol. The van der Waals surface area contributed by atoms with Crippen molar-refractivity contribution < 1.29 is 4.79 Å². The van der Waals surface area contributed by atoms with E-state index in [1.807, 2.05) is 24.3 Å². The minimum absolute atomic E-state index is 0.172. The van der Waals surface area contributed by atoms with Gasteiger partial charge in [-0.1, -0.05) is 92.4 Å². The number of unbranched alkanes of at least 4 members (excludes halogenated alkanes) is 6. The molecule has 0 heterocycles. The maximum atomic E-state index is 12.2. The summed E-state index contributed by atoms with van der Waals surface area (Å²) in [5.74, 6) is -0.172. The van der Waals surface area contributed by atoms with Crippen molar-refractivity contribution in [2.45, 2.75) is 68.2 Å². The lowest BCUT2D eigenvalue weighted by atomic mass is 10.1. The lowest BCUT2D eigenvalue weighted by Gasteiger charge is -2.28. The van der Waals surface area contributed by atoms with Crippen LogP contribution in [0.1, 0.15) is 58.3 Å². The Balaban J connectivity index is 2.45. The molecule has 1 atom stereocenters. The van der Waals surface area contributed by atoms with E-state index in [0.29, 0.717) is 6.42 Å². The highest BCUT2D eigenvalue weighted by Crippen LogP contribution is 2.29. The third-order valence-electron chi connectivity index (χ3n) is 4.04. The second-order valence-corrected chi connectivity index (χ2v) is 10.4. The number of benzene rings is 1. The van der Waals surface area contributed by atoms with E-state index in [1.54, 1.807) is 0 Å². The van der Waals surface area contributed by atoms with E-state index in [1.165, 1.54) is 25.7 Å². The van der Waals surface area contributed by atoms with Crippen LogP contribution in [0.3, 0.4) is 0 Å². The van der Waals surface area contributed by atoms with Gasteiger partial charge in [0, 0.05) is 9.99 Å². The van der Waals surface area contributed by atoms with E-state index in [-0.39, 0.29) is 11.0 Å². The highest BCUT2D eigenvalue weighted by atomic mass is 127. The quantitative estimate of drug-likeness (QED) is 0.0919. The van der Waals surface area contributed by atoms with Crippen LogP contribution in [0.4, 0.5) is 5.69 Å². The second-order valence-electron chi connectivity index (χ2n) is 6.49. The van der Waals surface area contributed by atoms with Crippen LogP contribution < -0.4 is 16.0 Å². The van der Waals surface area contributed by atoms with Crippen LogP contribution in [0.25, 0.3) is 0 Å². The Morgan fingerprint density at radius 1 is 1.07 bits per heavy atom. The van der Waals surface area contributed by atoms with E-state index in [2.05, 4.69) is 45.5 Å². The van der Waals surface area contributed by atoms with Crippen LogP contribution in [0.15, 0.2) is 24.3 Å². The lowest BCUT2D eigenvalue weighted by Crippen LogP contribution is -2.56. The molecule has 0 unspecified atom stereocenters. The zero-order valence-electron chi connectivity index (χ0n) is 15.9. The average Bonchev–Trinajstić information content (AvgIpc) is 2.61. The molecule has 0 aliphatic carbocycles. The van der Waals surface area contributed by atoms with Crippen molar-refractivity contribution in [3.63, 3.8) is 0 Å². The number of alkyl halides is 3. The van der Waals surface area contributed by atoms with Gasteiger partial charge in [-0.25, -0.2) is 0 Å². The lowest BCUT2D eigenvalue weighted by molar-refractivity contribution is -0.122. The summed E-state index contributed by atoms with van der Waals surface area (Å²) < 4.78 is -0.747. The van der Waals surface area contributed by atoms with Crippen LogP contribution in [0, 0.1) is 3.57 Å². The summed E-state index contributed by atoms with van der Waals surface area (Å²) in [6.07, 6.45) is 7.41. The van der Waals surface area contributed by atoms with Crippen LogP contribution in [0.5, 0.6) is 0 Å². The van der Waals surface area contributed by atoms with E-state index >= 15 is 0 Å². The Morgan fingerprint density at radius 3 is 2.29 bits per heavy atom. The molecule has 4 nitrogen and oxygen atoms in total. The highest BCUT2D eigenvalue weighted by Gasteiger charge is 2.34. The van der Waals surface area contributed by atoms with Crippen molar-refractivity contribution in [2.75, 3.05) is 5.32 Å². The van der Waals surface area contributed by atoms with Gasteiger partial charge in [0.25, 0.3) is 0 Å². The molecule has 0 fully saturated rings. The Morgan fingerprint density at radius 2 is 1.68 bits per heavy atom. The summed E-state index contributed by atoms with van der Waals surface area (Å²) in [4.78, 5) is 12.2. The molecule has 1 aromatic carbocycles. The first-order valence-electron chi connectivity index (χ1n) is 9.42. The van der Waals surface area contributed by atoms with Crippen LogP contribution in [0.2, 0.25) is 0 Å². The van der Waals surface area contributed by atoms with Gasteiger partial charge >= 0.3 is 0 Å². The number of halogens is 4. The van der Waals surface area contributed by atoms with Gasteiger partial charge in [-0.15, -0.1) is 0 Å². The predicted octanol–water partition coefficient (Wildman–Crippen LogP) is 6.53. The van der Waals surface area contributed by atoms with E-state index in [9.17, 15) is 4.79 Å². The number of hydrogen-bond donors (Lipinski definition) is 3. The topological polar surface area (TPSA) is 53.2 Å². The molecule has 0 saturated carbocycles. The molecule has 1 amide bonds. The van der Waals surface area contributed by atoms with Crippen LogP contribution in [-0.4, -0.2) is 21.0 Å². The van der Waals surface area contributed by atoms with E-state index in [0.717, 1.165) is 28.5 Å². The Hall–Kier alpha value is -0.0200. The molecule has 0 aromatic heterocycles. The number of amides is 1. The van der Waals surface area contributed by atoms with Crippen molar-refractivity contribution in [2.24, 2.45) is 0 Å². The highest BCUT2D eigenvalue weighted by molar-refractivity contribution is 14.1. The smallest absolute Gasteiger partial charge is 0.228 e. The number of carbonyl (C=O) groups excluding carboxylic acids is 1. The summed E-state index contributed by atoms with van der Waals surface area (Å²) in [6, 6.07) is 7.66. The predicted molar refractivity (Wildman–Crippen MR) is 133 cm³/mol. The number of anilines is 1. The van der Waals surface area contributed by atoms with E-state index < -0.39 is 9.96 Å². The molecule has 28 heavy (non-hydrogen) atoms. The number of hydrogen-bond acceptors (Lipinski definition) is 2. The van der Waals surface area contributed by atoms with Gasteiger partial charge < -0.3 is 16.0 Å². The summed E-state index contributed by atoms with van der Waals surface area (Å²) >= 11 is 25.5. The normalized spacial score (nSPS) is 12.3. The third-order valence-corrected chi connectivity index (χ3v) is 5.85. The van der Waals surface area contributed by atoms with Crippen molar-refractivity contribution in [3.05, 3.63) is 27.8 Å². The number of nitrogens with one attached hydrogen (secondary N) is 3. The molecule has 0 aliphatic rings. The largest absolute Gasteiger partial charge is 0.339 e. The molecule has 0 spiro atoms. The third kappa shape index (κ3) is 11.2. The first-order chi connectivity index (χ1) is 13.2. The first-order valence-corrected chi connectivity index (χ1v) is 12.0. The number of para-hydroxylation sites is 1. The Bertz CT molecular complexity index is 629. The van der Waals surface area contributed by atoms with Gasteiger partial charge in [-0.2, -0.15) is 0 Å². The summed E-state index contributed by atoms with van der Waals surface area (Å²) in [5.41, 5.74) is 0.832. The van der Waals surface area contributed by atoms with E-state index in [4.69, 9.17) is 47.0 Å². The molecule has 0 saturated heterocycles. The molecule has 0 bridgehead atoms. The molecule has 1 rings (SSSR count). The minimum Gasteiger partial charge on any atom is -0.339 e. The van der Waals surface area contributed by atoms with Gasteiger partial charge in [0.1, 0.15) is 6.17 Å². The van der Waals surface area contributed by atoms with Gasteiger partial charge in [-0.3, -0.25) is 4.79 Å². The van der Waals surface area contributed by atoms with Crippen LogP contribution in [-0.2, 0) is 4.79 Å². The maximum absolute atomic E-state index is 12.2. The minimum atomic E-state index is -1.74. The summed E-state index contributed by atoms with van der Waals surface area (Å²) in [7, 11) is 0. The van der Waals surface area contributed by atoms with Crippen LogP contribution >= 0.6 is 69.6 Å². The Kier molecular flexibility index (Phi) is 13.1. The number of rotatable bonds is 11. The van der Waals surface area contributed by atoms with Crippen molar-refractivity contribution in [1.29, 1.82) is 0 Å². The van der Waals surface area contributed by atoms with Gasteiger partial charge in [-0.05, 0) is 53.4 Å². The van der Waals surface area contributed by atoms with Gasteiger partial charge in [0.05, 0.1) is 5.69 Å². The molecule has 9 heteroatoms. The summed E-state index contributed by atoms with van der Waals surface area (Å²) in [6.45, 7) is 2.20. The van der Waals surface area contributed by atoms with Gasteiger partial charge in [0.2, 0.25) is 9.70 Å². The zero-order valence-corrected chi connectivity index (χ0v) is 21.1. The fraction of sp³-hybridized carbons (Fsp3) is 0.579. The van der Waals surface area contributed by atoms with Gasteiger partial charge in [0.15, 0.2) is 5.11 Å². The van der Waals surface area contributed by atoms with Crippen molar-refractivity contribution >= 4 is 86.3 Å². The SMILES string of the molecule is CCCCCCCCCC(=O)N[C@@H](NC(=S)Nc1ccccc1I)C(Cl)(Cl)Cl. The standard InChI is InChI=1S/C19H27Cl3IN3OS/c1-2-3-4-5-6-7-8-13-16(27)25-17(19(20,21)22)26-18(28)24-15-12-10-9-11-14(15)23/h9-12,17H,2-8,13H2,1H3,(H,25,27)(H2,24,26,28)/t17-/m0/s1. The zero-order chi connectivity index (χ0) is 21.0. The molecule has 1 aromatic rings. The van der Waals surface area contributed by atoms with Crippen molar-refractivity contribution in [1.82, 2.24) is 10.6 Å². The fourth-order valence-corrected chi connectivity index (χ4v) is 3.61. The molecular weight excluding hydrogens is 552 g/mol. The summed E-state index contributed by atoms with van der Waals surface area (Å²) in [5, 5.41) is 8.91. The number of carbonyl (C=O) groups is 1. The molecule has 158 valence electrons. The number of thiocarbonyl (C=S) groups is 1. The molecule has 0 radical (unpaired) electrons. The second kappa shape index (κ2) is 14.1. The molecule has 3 N–H and O–H groups in total. The average molecular weight is 579 g/mol. The maximum Gasteiger partial charge on any atom is 0.228 e. The first kappa shape index (κ1) is 26.0.